The van der Waals surface area contributed by atoms with Crippen LogP contribution in [0.1, 0.15) is 141 Å². The highest BCUT2D eigenvalue weighted by atomic mass is 35.5. The molecule has 3 saturated heterocycles. The van der Waals surface area contributed by atoms with Crippen molar-refractivity contribution in [3.63, 3.8) is 0 Å². The second-order valence-electron chi connectivity index (χ2n) is 18.2. The number of carbonyl (C=O) groups is 3. The highest BCUT2D eigenvalue weighted by Gasteiger charge is 2.52. The van der Waals surface area contributed by atoms with Gasteiger partial charge >= 0.3 is 31.6 Å². The lowest BCUT2D eigenvalue weighted by Gasteiger charge is -2.32. The third-order valence-corrected chi connectivity index (χ3v) is 12.6. The van der Waals surface area contributed by atoms with E-state index in [1.165, 1.54) is 0 Å². The van der Waals surface area contributed by atoms with Crippen LogP contribution in [0.2, 0.25) is 12.6 Å². The van der Waals surface area contributed by atoms with Gasteiger partial charge in [0.2, 0.25) is 0 Å². The van der Waals surface area contributed by atoms with Crippen molar-refractivity contribution in [2.75, 3.05) is 13.2 Å². The second kappa shape index (κ2) is 23.2. The molecule has 1 N–H and O–H groups in total. The Balaban J connectivity index is 0.000000316. The number of nitrogens with one attached hydrogen (secondary N) is 1. The first-order valence-corrected chi connectivity index (χ1v) is 21.7. The van der Waals surface area contributed by atoms with Crippen molar-refractivity contribution in [1.29, 1.82) is 0 Å². The Morgan fingerprint density at radius 3 is 1.64 bits per heavy atom. The fraction of sp³-hybridized carbons (Fsp3) is 0.795. The topological polar surface area (TPSA) is 128 Å². The van der Waals surface area contributed by atoms with Gasteiger partial charge in [-0.3, -0.25) is 9.59 Å². The molecule has 0 bridgehead atoms. The van der Waals surface area contributed by atoms with Crippen LogP contribution < -0.4 is 5.32 Å². The maximum atomic E-state index is 12.1. The SMILES string of the molecule is C.CCOC(=O)C1CC(C)CC1CCCB1OC(C)(C)C(C)(C)O1.CCOC(=O)C1NC(C)CC1CCCB1OC(C)(C)C(C)(C)O1.O=C(Cl)OCc1ccccc1. The van der Waals surface area contributed by atoms with Crippen LogP contribution in [0, 0.1) is 23.7 Å². The van der Waals surface area contributed by atoms with E-state index >= 15 is 0 Å². The summed E-state index contributed by atoms with van der Waals surface area (Å²) in [4.78, 5) is 34.3. The smallest absolute Gasteiger partial charge is 0.457 e. The van der Waals surface area contributed by atoms with Gasteiger partial charge in [0.15, 0.2) is 0 Å². The number of esters is 2. The zero-order valence-electron chi connectivity index (χ0n) is 37.0. The van der Waals surface area contributed by atoms with Crippen LogP contribution in [0.5, 0.6) is 0 Å². The molecule has 0 radical (unpaired) electrons. The summed E-state index contributed by atoms with van der Waals surface area (Å²) in [7, 11) is -0.271. The number of ether oxygens (including phenoxy) is 3. The van der Waals surface area contributed by atoms with Gasteiger partial charge in [0.1, 0.15) is 12.6 Å². The summed E-state index contributed by atoms with van der Waals surface area (Å²) < 4.78 is 39.2. The Morgan fingerprint density at radius 2 is 1.17 bits per heavy atom. The third-order valence-electron chi connectivity index (χ3n) is 12.5. The third kappa shape index (κ3) is 15.4. The molecule has 58 heavy (non-hydrogen) atoms. The maximum Gasteiger partial charge on any atom is 0.457 e. The number of carbonyl (C=O) groups excluding carboxylic acids is 3. The van der Waals surface area contributed by atoms with E-state index in [1.807, 2.05) is 44.2 Å². The number of hydrogen-bond acceptors (Lipinski definition) is 11. The average Bonchev–Trinajstić information content (AvgIpc) is 3.80. The Labute approximate surface area is 356 Å². The van der Waals surface area contributed by atoms with E-state index < -0.39 is 5.43 Å². The van der Waals surface area contributed by atoms with E-state index in [9.17, 15) is 14.4 Å². The zero-order valence-corrected chi connectivity index (χ0v) is 37.7. The minimum absolute atomic E-state index is 0. The highest BCUT2D eigenvalue weighted by molar-refractivity contribution is 6.61. The quantitative estimate of drug-likeness (QED) is 0.0833. The van der Waals surface area contributed by atoms with Gasteiger partial charge in [-0.2, -0.15) is 0 Å². The van der Waals surface area contributed by atoms with Crippen LogP contribution in [-0.4, -0.2) is 79.3 Å². The van der Waals surface area contributed by atoms with Gasteiger partial charge in [-0.05, 0) is 138 Å². The van der Waals surface area contributed by atoms with Gasteiger partial charge in [0, 0.05) is 17.6 Å². The van der Waals surface area contributed by atoms with E-state index in [1.54, 1.807) is 0 Å². The number of rotatable bonds is 14. The molecule has 6 unspecified atom stereocenters. The molecule has 330 valence electrons. The van der Waals surface area contributed by atoms with Crippen molar-refractivity contribution in [1.82, 2.24) is 5.32 Å². The minimum atomic E-state index is -0.770. The Kier molecular flexibility index (Phi) is 20.8. The molecule has 6 atom stereocenters. The second-order valence-corrected chi connectivity index (χ2v) is 18.5. The van der Waals surface area contributed by atoms with Gasteiger partial charge in [-0.15, -0.1) is 0 Å². The lowest BCUT2D eigenvalue weighted by atomic mass is 9.79. The molecule has 4 fully saturated rings. The monoisotopic (exact) mass is 836 g/mol. The van der Waals surface area contributed by atoms with Crippen LogP contribution in [0.3, 0.4) is 0 Å². The Morgan fingerprint density at radius 1 is 0.707 bits per heavy atom. The largest absolute Gasteiger partial charge is 0.466 e. The van der Waals surface area contributed by atoms with Crippen LogP contribution in [0.25, 0.3) is 0 Å². The minimum Gasteiger partial charge on any atom is -0.466 e. The standard InChI is InChI=1S/C18H33BO4.C17H32BNO4.C8H7ClO2.CH4/c1-7-21-16(20)15-12-13(2)11-14(15)9-8-10-19-22-17(3,4)18(5,6)23-19;1-7-21-15(20)14-13(11-12(2)19-14)9-8-10-18-22-16(3,4)17(5,6)23-18;9-8(10)11-6-7-4-2-1-3-5-7;/h13-15H,7-12H2,1-6H3;12-14,19H,7-11H2,1-6H3;1-5H,6H2;1H4. The van der Waals surface area contributed by atoms with E-state index in [-0.39, 0.29) is 74.6 Å². The molecular weight excluding hydrogens is 760 g/mol. The summed E-state index contributed by atoms with van der Waals surface area (Å²) in [5.41, 5.74) is -0.890. The lowest BCUT2D eigenvalue weighted by Crippen LogP contribution is -2.41. The van der Waals surface area contributed by atoms with Crippen molar-refractivity contribution in [2.24, 2.45) is 23.7 Å². The molecule has 14 heteroatoms. The zero-order chi connectivity index (χ0) is 42.6. The van der Waals surface area contributed by atoms with E-state index in [0.717, 1.165) is 63.1 Å². The molecule has 4 aliphatic rings. The summed E-state index contributed by atoms with van der Waals surface area (Å²) in [6, 6.07) is 9.56. The molecule has 3 heterocycles. The predicted octanol–water partition coefficient (Wildman–Crippen LogP) is 10.1. The number of hydrogen-bond donors (Lipinski definition) is 1. The van der Waals surface area contributed by atoms with Crippen molar-refractivity contribution in [3.8, 4) is 0 Å². The van der Waals surface area contributed by atoms with Gasteiger partial charge in [-0.1, -0.05) is 63.9 Å². The van der Waals surface area contributed by atoms with Crippen LogP contribution >= 0.6 is 11.6 Å². The number of halogens is 1. The molecule has 11 nitrogen and oxygen atoms in total. The fourth-order valence-electron chi connectivity index (χ4n) is 8.11. The van der Waals surface area contributed by atoms with Gasteiger partial charge in [0.25, 0.3) is 0 Å². The molecule has 1 aliphatic carbocycles. The lowest BCUT2D eigenvalue weighted by molar-refractivity contribution is -0.149. The average molecular weight is 836 g/mol. The fourth-order valence-corrected chi connectivity index (χ4v) is 8.17. The Hall–Kier alpha value is -2.15. The summed E-state index contributed by atoms with van der Waals surface area (Å²) in [6.45, 7) is 25.9. The first-order valence-electron chi connectivity index (χ1n) is 21.3. The summed E-state index contributed by atoms with van der Waals surface area (Å²) in [5.74, 6) is 1.38. The number of benzene rings is 1. The molecule has 3 aliphatic heterocycles. The van der Waals surface area contributed by atoms with Crippen molar-refractivity contribution >= 4 is 43.2 Å². The summed E-state index contributed by atoms with van der Waals surface area (Å²) in [5, 5.41) is 3.36. The van der Waals surface area contributed by atoms with Gasteiger partial charge < -0.3 is 38.1 Å². The van der Waals surface area contributed by atoms with Crippen molar-refractivity contribution < 1.29 is 47.2 Å². The van der Waals surface area contributed by atoms with Crippen LogP contribution in [-0.2, 0) is 49.0 Å². The molecular formula is C44H76B2ClNO10. The molecule has 1 aromatic rings. The summed E-state index contributed by atoms with van der Waals surface area (Å²) >= 11 is 4.97. The molecule has 5 rings (SSSR count). The van der Waals surface area contributed by atoms with E-state index in [4.69, 9.17) is 39.7 Å². The first-order chi connectivity index (χ1) is 26.6. The van der Waals surface area contributed by atoms with Gasteiger partial charge in [-0.25, -0.2) is 4.79 Å². The highest BCUT2D eigenvalue weighted by Crippen LogP contribution is 2.42. The van der Waals surface area contributed by atoms with Gasteiger partial charge in [0.05, 0.1) is 41.5 Å². The molecule has 1 aromatic carbocycles. The van der Waals surface area contributed by atoms with E-state index in [0.29, 0.717) is 37.0 Å². The van der Waals surface area contributed by atoms with E-state index in [2.05, 4.69) is 79.3 Å². The van der Waals surface area contributed by atoms with Crippen molar-refractivity contribution in [2.45, 2.75) is 189 Å². The first kappa shape index (κ1) is 52.0. The Bertz CT molecular complexity index is 1300. The molecule has 1 saturated carbocycles. The normalized spacial score (nSPS) is 27.3. The molecule has 0 amide bonds. The maximum absolute atomic E-state index is 12.1. The van der Waals surface area contributed by atoms with Crippen molar-refractivity contribution in [3.05, 3.63) is 35.9 Å². The van der Waals surface area contributed by atoms with Crippen LogP contribution in [0.4, 0.5) is 4.79 Å². The predicted molar refractivity (Wildman–Crippen MR) is 233 cm³/mol. The molecule has 0 spiro atoms. The van der Waals surface area contributed by atoms with Crippen LogP contribution in [0.15, 0.2) is 30.3 Å². The molecule has 0 aromatic heterocycles. The summed E-state index contributed by atoms with van der Waals surface area (Å²) in [6.07, 6.45) is 8.96.